The van der Waals surface area contributed by atoms with Crippen molar-refractivity contribution in [3.05, 3.63) is 33.7 Å². The first-order valence-corrected chi connectivity index (χ1v) is 9.94. The summed E-state index contributed by atoms with van der Waals surface area (Å²) in [7, 11) is 1.27. The second-order valence-corrected chi connectivity index (χ2v) is 8.05. The topological polar surface area (TPSA) is 148 Å². The van der Waals surface area contributed by atoms with E-state index in [1.807, 2.05) is 11.4 Å². The van der Waals surface area contributed by atoms with Crippen LogP contribution in [-0.4, -0.2) is 64.5 Å². The molecule has 0 aliphatic carbocycles. The summed E-state index contributed by atoms with van der Waals surface area (Å²) in [4.78, 5) is 49.6. The fraction of sp³-hybridized carbons (Fsp3) is 0.375. The number of carboxylic acids is 1. The van der Waals surface area contributed by atoms with E-state index in [1.165, 1.54) is 30.2 Å². The predicted octanol–water partition coefficient (Wildman–Crippen LogP) is -2.78. The molecule has 29 heavy (non-hydrogen) atoms. The zero-order valence-electron chi connectivity index (χ0n) is 16.7. The van der Waals surface area contributed by atoms with Gasteiger partial charge in [-0.2, -0.15) is 0 Å². The number of primary amides is 1. The summed E-state index contributed by atoms with van der Waals surface area (Å²) in [5.74, 6) is -2.31. The van der Waals surface area contributed by atoms with Crippen molar-refractivity contribution in [3.63, 3.8) is 0 Å². The molecule has 2 aliphatic heterocycles. The summed E-state index contributed by atoms with van der Waals surface area (Å²) in [6, 6.07) is 3.61. The van der Waals surface area contributed by atoms with Crippen LogP contribution >= 0.6 is 23.1 Å². The number of fused-ring (bicyclic) bond motifs is 1. The van der Waals surface area contributed by atoms with Gasteiger partial charge in [0, 0.05) is 23.3 Å². The van der Waals surface area contributed by atoms with E-state index in [0.717, 1.165) is 9.78 Å². The minimum absolute atomic E-state index is 0. The summed E-state index contributed by atoms with van der Waals surface area (Å²) in [6.07, 6.45) is -0.973. The first kappa shape index (κ1) is 23.7. The van der Waals surface area contributed by atoms with Crippen LogP contribution < -0.4 is 40.6 Å². The second-order valence-electron chi connectivity index (χ2n) is 5.95. The van der Waals surface area contributed by atoms with E-state index in [2.05, 4.69) is 10.1 Å². The molecule has 1 aromatic heterocycles. The van der Waals surface area contributed by atoms with Crippen LogP contribution in [0, 0.1) is 0 Å². The third kappa shape index (κ3) is 4.47. The van der Waals surface area contributed by atoms with Crippen LogP contribution in [0.5, 0.6) is 0 Å². The van der Waals surface area contributed by atoms with Gasteiger partial charge in [0.25, 0.3) is 11.6 Å². The molecule has 1 saturated heterocycles. The molecule has 10 nitrogen and oxygen atoms in total. The molecule has 152 valence electrons. The number of thioether (sulfide) groups is 1. The number of hydrogen-bond donors (Lipinski definition) is 3. The third-order valence-corrected chi connectivity index (χ3v) is 6.51. The molecule has 0 spiro atoms. The maximum atomic E-state index is 12.8. The van der Waals surface area contributed by atoms with E-state index in [-0.39, 0.29) is 61.0 Å². The Morgan fingerprint density at radius 3 is 2.76 bits per heavy atom. The minimum Gasteiger partial charge on any atom is -1.00 e. The Kier molecular flexibility index (Phi) is 7.76. The van der Waals surface area contributed by atoms with Gasteiger partial charge in [0.2, 0.25) is 5.91 Å². The molecule has 0 saturated carbocycles. The van der Waals surface area contributed by atoms with Crippen molar-refractivity contribution in [2.75, 3.05) is 19.5 Å². The molecule has 1 aromatic rings. The molecule has 2 aliphatic rings. The van der Waals surface area contributed by atoms with E-state index in [0.29, 0.717) is 0 Å². The van der Waals surface area contributed by atoms with Gasteiger partial charge in [-0.3, -0.25) is 14.5 Å². The summed E-state index contributed by atoms with van der Waals surface area (Å²) >= 11 is 2.60. The molecule has 3 heterocycles. The Balaban J connectivity index is 0.00000225. The molecular formula is C16H18N3NaO7S2. The number of amides is 3. The number of nitrogens with zero attached hydrogens (tertiary/aromatic N) is 1. The van der Waals surface area contributed by atoms with Gasteiger partial charge in [0.15, 0.2) is 0 Å². The van der Waals surface area contributed by atoms with E-state index < -0.39 is 35.0 Å². The molecule has 4 N–H and O–H groups in total. The maximum Gasteiger partial charge on any atom is 1.00 e. The SMILES string of the molecule is CO[C@]1(NC(=O)Cc2cccs2)C(=O)N2C(C(=O)O)=C(COC(N)=O)CS[C@H]21.[H-].[Na+]. The fourth-order valence-corrected chi connectivity index (χ4v) is 5.16. The number of ether oxygens (including phenoxy) is 2. The van der Waals surface area contributed by atoms with E-state index in [9.17, 15) is 24.3 Å². The van der Waals surface area contributed by atoms with Gasteiger partial charge in [-0.05, 0) is 11.4 Å². The van der Waals surface area contributed by atoms with Crippen LogP contribution in [0.1, 0.15) is 6.30 Å². The molecule has 3 rings (SSSR count). The van der Waals surface area contributed by atoms with Crippen molar-refractivity contribution in [3.8, 4) is 0 Å². The first-order valence-electron chi connectivity index (χ1n) is 8.01. The number of nitrogens with one attached hydrogen (secondary N) is 1. The molecular weight excluding hydrogens is 433 g/mol. The predicted molar refractivity (Wildman–Crippen MR) is 100 cm³/mol. The zero-order chi connectivity index (χ0) is 20.5. The molecule has 1 fully saturated rings. The van der Waals surface area contributed by atoms with Gasteiger partial charge in [-0.1, -0.05) is 6.07 Å². The smallest absolute Gasteiger partial charge is 1.00 e. The minimum atomic E-state index is -1.66. The van der Waals surface area contributed by atoms with Gasteiger partial charge in [-0.15, -0.1) is 23.1 Å². The Morgan fingerprint density at radius 1 is 1.48 bits per heavy atom. The van der Waals surface area contributed by atoms with Crippen molar-refractivity contribution in [2.24, 2.45) is 5.73 Å². The molecule has 0 unspecified atom stereocenters. The van der Waals surface area contributed by atoms with Gasteiger partial charge in [0.1, 0.15) is 17.7 Å². The normalized spacial score (nSPS) is 22.9. The van der Waals surface area contributed by atoms with Crippen molar-refractivity contribution < 1.29 is 64.7 Å². The second kappa shape index (κ2) is 9.49. The van der Waals surface area contributed by atoms with E-state index >= 15 is 0 Å². The fourth-order valence-electron chi connectivity index (χ4n) is 3.04. The third-order valence-electron chi connectivity index (χ3n) is 4.26. The average Bonchev–Trinajstić information content (AvgIpc) is 3.15. The standard InChI is InChI=1S/C16H17N3O7S2.Na.H/c1-25-16(18-10(20)5-9-3-2-4-27-9)13(23)19-11(12(21)22)8(6-26-15(17)24)7-28-14(16)19;;/h2-4,14H,5-7H2,1H3,(H2,17,24)(H,18,20)(H,21,22);;/q;+1;-1/t14-,16+;;/m0../s1. The largest absolute Gasteiger partial charge is 1.00 e. The molecule has 2 atom stereocenters. The Bertz CT molecular complexity index is 867. The van der Waals surface area contributed by atoms with Crippen LogP contribution in [0.25, 0.3) is 0 Å². The summed E-state index contributed by atoms with van der Waals surface area (Å²) < 4.78 is 10.0. The number of nitrogens with two attached hydrogens (primary N) is 1. The molecule has 0 bridgehead atoms. The number of β-lactam (4-membered cyclic amide) rings is 1. The molecule has 13 heteroatoms. The number of rotatable bonds is 7. The van der Waals surface area contributed by atoms with Crippen molar-refractivity contribution in [1.82, 2.24) is 10.2 Å². The van der Waals surface area contributed by atoms with Gasteiger partial charge in [-0.25, -0.2) is 9.59 Å². The van der Waals surface area contributed by atoms with Crippen LogP contribution in [0.2, 0.25) is 0 Å². The number of carbonyl (C=O) groups excluding carboxylic acids is 3. The Hall–Kier alpha value is -1.57. The maximum absolute atomic E-state index is 12.8. The first-order chi connectivity index (χ1) is 13.3. The van der Waals surface area contributed by atoms with E-state index in [1.54, 1.807) is 6.07 Å². The van der Waals surface area contributed by atoms with Crippen LogP contribution in [-0.2, 0) is 30.3 Å². The molecule has 3 amide bonds. The van der Waals surface area contributed by atoms with Gasteiger partial charge < -0.3 is 27.1 Å². The van der Waals surface area contributed by atoms with Crippen molar-refractivity contribution >= 4 is 47.0 Å². The number of methoxy groups -OCH3 is 1. The van der Waals surface area contributed by atoms with Crippen LogP contribution in [0.15, 0.2) is 28.8 Å². The number of carbonyl (C=O) groups is 4. The number of carboxylic acid groups (broad SMARTS) is 1. The van der Waals surface area contributed by atoms with Crippen LogP contribution in [0.4, 0.5) is 4.79 Å². The Morgan fingerprint density at radius 2 is 2.21 bits per heavy atom. The zero-order valence-corrected chi connectivity index (χ0v) is 19.3. The van der Waals surface area contributed by atoms with Crippen molar-refractivity contribution in [1.29, 1.82) is 0 Å². The number of hydrogen-bond acceptors (Lipinski definition) is 8. The Labute approximate surface area is 197 Å². The van der Waals surface area contributed by atoms with Crippen molar-refractivity contribution in [2.45, 2.75) is 17.5 Å². The van der Waals surface area contributed by atoms with E-state index in [4.69, 9.17) is 10.5 Å². The quantitative estimate of drug-likeness (QED) is 0.229. The summed E-state index contributed by atoms with van der Waals surface area (Å²) in [5.41, 5.74) is 3.20. The molecule has 0 radical (unpaired) electrons. The van der Waals surface area contributed by atoms with Gasteiger partial charge in [0.05, 0.1) is 6.42 Å². The number of aliphatic carboxylic acids is 1. The molecule has 0 aromatic carbocycles. The average molecular weight is 451 g/mol. The summed E-state index contributed by atoms with van der Waals surface area (Å²) in [6.45, 7) is -0.342. The number of thiophene rings is 1. The van der Waals surface area contributed by atoms with Gasteiger partial charge >= 0.3 is 41.6 Å². The monoisotopic (exact) mass is 451 g/mol. The van der Waals surface area contributed by atoms with Crippen LogP contribution in [0.3, 0.4) is 0 Å². The summed E-state index contributed by atoms with van der Waals surface area (Å²) in [5, 5.41) is 13.2.